The molecule has 2 N–H and O–H groups in total. The van der Waals surface area contributed by atoms with E-state index in [1.54, 1.807) is 25.3 Å². The fraction of sp³-hybridized carbons (Fsp3) is 0.167. The van der Waals surface area contributed by atoms with Crippen molar-refractivity contribution in [3.8, 4) is 23.0 Å². The maximum atomic E-state index is 12.1. The molecule has 0 unspecified atom stereocenters. The van der Waals surface area contributed by atoms with Crippen molar-refractivity contribution in [3.05, 3.63) is 76.3 Å². The number of methoxy groups -OCH3 is 1. The zero-order valence-corrected chi connectivity index (χ0v) is 19.4. The number of ether oxygens (including phenoxy) is 4. The molecule has 8 nitrogen and oxygen atoms in total. The molecule has 4 rings (SSSR count). The fourth-order valence-electron chi connectivity index (χ4n) is 3.09. The number of rotatable bonds is 9. The van der Waals surface area contributed by atoms with Crippen LogP contribution >= 0.6 is 15.9 Å². The van der Waals surface area contributed by atoms with Crippen molar-refractivity contribution in [1.82, 2.24) is 5.43 Å². The first kappa shape index (κ1) is 22.5. The number of hydrazone groups is 1. The van der Waals surface area contributed by atoms with E-state index in [4.69, 9.17) is 18.9 Å². The predicted octanol–water partition coefficient (Wildman–Crippen LogP) is 4.33. The molecule has 170 valence electrons. The maximum Gasteiger partial charge on any atom is 0.259 e. The first-order chi connectivity index (χ1) is 16.1. The van der Waals surface area contributed by atoms with Crippen molar-refractivity contribution in [3.63, 3.8) is 0 Å². The Hall–Kier alpha value is -3.72. The number of hydrogen-bond donors (Lipinski definition) is 2. The molecule has 1 aliphatic heterocycles. The number of nitrogens with zero attached hydrogens (tertiary/aromatic N) is 1. The van der Waals surface area contributed by atoms with Crippen LogP contribution in [-0.4, -0.2) is 32.6 Å². The second-order valence-electron chi connectivity index (χ2n) is 7.02. The molecule has 1 heterocycles. The van der Waals surface area contributed by atoms with E-state index in [9.17, 15) is 4.79 Å². The number of anilines is 1. The number of benzene rings is 3. The SMILES string of the molecule is COc1cc(/C=N\NC(=O)CNc2ccc3c(c2)OCO3)cc(Br)c1OCc1ccccc1. The Bertz CT molecular complexity index is 1150. The summed E-state index contributed by atoms with van der Waals surface area (Å²) in [6, 6.07) is 18.9. The minimum Gasteiger partial charge on any atom is -0.493 e. The van der Waals surface area contributed by atoms with Gasteiger partial charge in [-0.25, -0.2) is 5.43 Å². The average Bonchev–Trinajstić information content (AvgIpc) is 3.30. The molecule has 3 aromatic rings. The second kappa shape index (κ2) is 10.7. The zero-order chi connectivity index (χ0) is 23.0. The summed E-state index contributed by atoms with van der Waals surface area (Å²) in [5.41, 5.74) is 5.03. The number of halogens is 1. The highest BCUT2D eigenvalue weighted by Crippen LogP contribution is 2.37. The first-order valence-electron chi connectivity index (χ1n) is 10.1. The summed E-state index contributed by atoms with van der Waals surface area (Å²) >= 11 is 3.52. The van der Waals surface area contributed by atoms with Gasteiger partial charge in [0.2, 0.25) is 6.79 Å². The van der Waals surface area contributed by atoms with Gasteiger partial charge in [0.15, 0.2) is 23.0 Å². The largest absolute Gasteiger partial charge is 0.493 e. The summed E-state index contributed by atoms with van der Waals surface area (Å²) in [4.78, 5) is 12.1. The van der Waals surface area contributed by atoms with Gasteiger partial charge in [-0.1, -0.05) is 30.3 Å². The fourth-order valence-corrected chi connectivity index (χ4v) is 3.67. The van der Waals surface area contributed by atoms with Gasteiger partial charge in [0.25, 0.3) is 5.91 Å². The molecule has 0 radical (unpaired) electrons. The van der Waals surface area contributed by atoms with Gasteiger partial charge in [-0.2, -0.15) is 5.10 Å². The molecule has 3 aromatic carbocycles. The quantitative estimate of drug-likeness (QED) is 0.328. The third kappa shape index (κ3) is 5.95. The average molecular weight is 512 g/mol. The smallest absolute Gasteiger partial charge is 0.259 e. The van der Waals surface area contributed by atoms with Crippen molar-refractivity contribution >= 4 is 33.7 Å². The number of amides is 1. The molecule has 0 saturated heterocycles. The molecule has 0 aromatic heterocycles. The molecule has 1 amide bonds. The molecular weight excluding hydrogens is 490 g/mol. The minimum atomic E-state index is -0.294. The number of nitrogens with one attached hydrogen (secondary N) is 2. The van der Waals surface area contributed by atoms with Gasteiger partial charge in [-0.3, -0.25) is 4.79 Å². The summed E-state index contributed by atoms with van der Waals surface area (Å²) in [5.74, 6) is 2.19. The van der Waals surface area contributed by atoms with Crippen molar-refractivity contribution < 1.29 is 23.7 Å². The van der Waals surface area contributed by atoms with E-state index in [1.165, 1.54) is 6.21 Å². The van der Waals surface area contributed by atoms with Gasteiger partial charge in [-0.15, -0.1) is 0 Å². The van der Waals surface area contributed by atoms with E-state index >= 15 is 0 Å². The molecule has 0 saturated carbocycles. The lowest BCUT2D eigenvalue weighted by Crippen LogP contribution is -2.25. The van der Waals surface area contributed by atoms with Gasteiger partial charge >= 0.3 is 0 Å². The summed E-state index contributed by atoms with van der Waals surface area (Å²) in [5, 5.41) is 7.04. The normalized spacial score (nSPS) is 11.9. The molecule has 0 aliphatic carbocycles. The Balaban J connectivity index is 1.31. The molecule has 33 heavy (non-hydrogen) atoms. The monoisotopic (exact) mass is 511 g/mol. The van der Waals surface area contributed by atoms with Gasteiger partial charge in [-0.05, 0) is 51.3 Å². The molecule has 0 bridgehead atoms. The van der Waals surface area contributed by atoms with Crippen molar-refractivity contribution in [2.24, 2.45) is 5.10 Å². The summed E-state index contributed by atoms with van der Waals surface area (Å²) in [6.45, 7) is 0.668. The number of fused-ring (bicyclic) bond motifs is 1. The maximum absolute atomic E-state index is 12.1. The van der Waals surface area contributed by atoms with Crippen LogP contribution in [0.2, 0.25) is 0 Å². The highest BCUT2D eigenvalue weighted by molar-refractivity contribution is 9.10. The third-order valence-electron chi connectivity index (χ3n) is 4.71. The minimum absolute atomic E-state index is 0.0518. The van der Waals surface area contributed by atoms with Crippen LogP contribution in [0.4, 0.5) is 5.69 Å². The Morgan fingerprint density at radius 1 is 1.12 bits per heavy atom. The van der Waals surface area contributed by atoms with Gasteiger partial charge in [0.05, 0.1) is 24.3 Å². The zero-order valence-electron chi connectivity index (χ0n) is 17.8. The summed E-state index contributed by atoms with van der Waals surface area (Å²) in [6.07, 6.45) is 1.53. The molecular formula is C24H22BrN3O5. The van der Waals surface area contributed by atoms with Crippen LogP contribution in [0.25, 0.3) is 0 Å². The molecule has 0 atom stereocenters. The standard InChI is InChI=1S/C24H22BrN3O5/c1-30-22-10-17(9-19(25)24(22)31-14-16-5-3-2-4-6-16)12-27-28-23(29)13-26-18-7-8-20-21(11-18)33-15-32-20/h2-12,26H,13-15H2,1H3,(H,28,29)/b27-12-. The van der Waals surface area contributed by atoms with Gasteiger partial charge in [0, 0.05) is 11.8 Å². The number of hydrogen-bond acceptors (Lipinski definition) is 7. The van der Waals surface area contributed by atoms with Crippen molar-refractivity contribution in [1.29, 1.82) is 0 Å². The van der Waals surface area contributed by atoms with Crippen LogP contribution in [0, 0.1) is 0 Å². The van der Waals surface area contributed by atoms with Crippen molar-refractivity contribution in [2.75, 3.05) is 25.8 Å². The van der Waals surface area contributed by atoms with E-state index in [0.29, 0.717) is 29.6 Å². The highest BCUT2D eigenvalue weighted by atomic mass is 79.9. The van der Waals surface area contributed by atoms with E-state index in [2.05, 4.69) is 31.8 Å². The van der Waals surface area contributed by atoms with Crippen LogP contribution in [0.3, 0.4) is 0 Å². The molecule has 9 heteroatoms. The predicted molar refractivity (Wildman–Crippen MR) is 128 cm³/mol. The van der Waals surface area contributed by atoms with E-state index in [-0.39, 0.29) is 19.2 Å². The Kier molecular flexibility index (Phi) is 7.31. The lowest BCUT2D eigenvalue weighted by molar-refractivity contribution is -0.119. The Morgan fingerprint density at radius 2 is 1.94 bits per heavy atom. The van der Waals surface area contributed by atoms with E-state index in [0.717, 1.165) is 21.3 Å². The lowest BCUT2D eigenvalue weighted by atomic mass is 10.2. The summed E-state index contributed by atoms with van der Waals surface area (Å²) in [7, 11) is 1.57. The van der Waals surface area contributed by atoms with E-state index in [1.807, 2.05) is 42.5 Å². The Morgan fingerprint density at radius 3 is 2.76 bits per heavy atom. The van der Waals surface area contributed by atoms with Crippen LogP contribution in [-0.2, 0) is 11.4 Å². The second-order valence-corrected chi connectivity index (χ2v) is 7.88. The van der Waals surface area contributed by atoms with E-state index < -0.39 is 0 Å². The van der Waals surface area contributed by atoms with Crippen LogP contribution in [0.5, 0.6) is 23.0 Å². The van der Waals surface area contributed by atoms with Crippen LogP contribution in [0.1, 0.15) is 11.1 Å². The first-order valence-corrected chi connectivity index (χ1v) is 10.9. The van der Waals surface area contributed by atoms with Crippen LogP contribution < -0.4 is 29.7 Å². The molecule has 0 spiro atoms. The molecule has 0 fully saturated rings. The van der Waals surface area contributed by atoms with Crippen LogP contribution in [0.15, 0.2) is 70.2 Å². The Labute approximate surface area is 199 Å². The van der Waals surface area contributed by atoms with Crippen molar-refractivity contribution in [2.45, 2.75) is 6.61 Å². The lowest BCUT2D eigenvalue weighted by Gasteiger charge is -2.13. The highest BCUT2D eigenvalue weighted by Gasteiger charge is 2.14. The molecule has 1 aliphatic rings. The number of carbonyl (C=O) groups excluding carboxylic acids is 1. The third-order valence-corrected chi connectivity index (χ3v) is 5.30. The topological polar surface area (TPSA) is 90.4 Å². The summed E-state index contributed by atoms with van der Waals surface area (Å²) < 4.78 is 22.7. The number of carbonyl (C=O) groups is 1. The van der Waals surface area contributed by atoms with Gasteiger partial charge in [0.1, 0.15) is 6.61 Å². The van der Waals surface area contributed by atoms with Gasteiger partial charge < -0.3 is 24.3 Å².